The van der Waals surface area contributed by atoms with Crippen molar-refractivity contribution < 1.29 is 17.9 Å². The molecule has 2 N–H and O–H groups in total. The Hall–Kier alpha value is 0.0400. The van der Waals surface area contributed by atoms with Crippen LogP contribution in [0, 0.1) is 0 Å². The van der Waals surface area contributed by atoms with E-state index >= 15 is 0 Å². The van der Waals surface area contributed by atoms with E-state index in [0.717, 1.165) is 0 Å². The van der Waals surface area contributed by atoms with E-state index in [1.807, 2.05) is 0 Å². The Morgan fingerprint density at radius 2 is 1.56 bits per heavy atom. The van der Waals surface area contributed by atoms with E-state index in [2.05, 4.69) is 10.0 Å². The van der Waals surface area contributed by atoms with Gasteiger partial charge in [0.1, 0.15) is 0 Å². The Balaban J connectivity index is 0.00000225. The summed E-state index contributed by atoms with van der Waals surface area (Å²) in [5.74, 6) is -0.535. The summed E-state index contributed by atoms with van der Waals surface area (Å²) in [7, 11) is -3.41. The zero-order valence-corrected chi connectivity index (χ0v) is 16.5. The summed E-state index contributed by atoms with van der Waals surface area (Å²) in [6, 6.07) is 0.545. The van der Waals surface area contributed by atoms with E-state index < -0.39 is 16.0 Å². The van der Waals surface area contributed by atoms with Gasteiger partial charge in [0.25, 0.3) is 10.2 Å². The van der Waals surface area contributed by atoms with Gasteiger partial charge in [-0.25, -0.2) is 4.72 Å². The maximum atomic E-state index is 12.4. The third-order valence-electron chi connectivity index (χ3n) is 5.34. The fourth-order valence-corrected chi connectivity index (χ4v) is 5.09. The molecular weight excluding hydrogens is 366 g/mol. The summed E-state index contributed by atoms with van der Waals surface area (Å²) < 4.78 is 40.3. The maximum Gasteiger partial charge on any atom is 0.279 e. The molecule has 0 radical (unpaired) electrons. The van der Waals surface area contributed by atoms with E-state index in [1.165, 1.54) is 42.8 Å². The van der Waals surface area contributed by atoms with Crippen LogP contribution in [-0.4, -0.2) is 63.9 Å². The Bertz CT molecular complexity index is 482. The second-order valence-corrected chi connectivity index (χ2v) is 8.80. The first kappa shape index (κ1) is 21.3. The summed E-state index contributed by atoms with van der Waals surface area (Å²) >= 11 is 0. The van der Waals surface area contributed by atoms with E-state index in [9.17, 15) is 8.42 Å². The molecular formula is C16H32ClN3O4S. The zero-order valence-electron chi connectivity index (χ0n) is 14.9. The van der Waals surface area contributed by atoms with Gasteiger partial charge in [0.2, 0.25) is 0 Å². The molecule has 0 unspecified atom stereocenters. The monoisotopic (exact) mass is 397 g/mol. The smallest absolute Gasteiger partial charge is 0.279 e. The van der Waals surface area contributed by atoms with Gasteiger partial charge >= 0.3 is 0 Å². The highest BCUT2D eigenvalue weighted by Crippen LogP contribution is 2.31. The number of ether oxygens (including phenoxy) is 2. The predicted molar refractivity (Wildman–Crippen MR) is 99.1 cm³/mol. The topological polar surface area (TPSA) is 79.9 Å². The second kappa shape index (κ2) is 9.82. The van der Waals surface area contributed by atoms with Crippen LogP contribution in [0.25, 0.3) is 0 Å². The maximum absolute atomic E-state index is 12.4. The quantitative estimate of drug-likeness (QED) is 0.523. The number of rotatable bonds is 6. The molecule has 0 aromatic rings. The molecule has 0 bridgehead atoms. The Kier molecular flexibility index (Phi) is 8.39. The minimum absolute atomic E-state index is 0. The molecule has 3 rings (SSSR count). The molecule has 3 fully saturated rings. The lowest BCUT2D eigenvalue weighted by molar-refractivity contribution is -0.179. The van der Waals surface area contributed by atoms with Gasteiger partial charge in [-0.3, -0.25) is 0 Å². The van der Waals surface area contributed by atoms with Crippen LogP contribution in [0.5, 0.6) is 0 Å². The molecule has 0 atom stereocenters. The molecule has 148 valence electrons. The van der Waals surface area contributed by atoms with Gasteiger partial charge in [-0.2, -0.15) is 12.7 Å². The fraction of sp³-hybridized carbons (Fsp3) is 1.00. The van der Waals surface area contributed by atoms with Crippen molar-refractivity contribution in [3.05, 3.63) is 0 Å². The minimum atomic E-state index is -3.41. The summed E-state index contributed by atoms with van der Waals surface area (Å²) in [4.78, 5) is 0. The lowest BCUT2D eigenvalue weighted by atomic mass is 10.1. The zero-order chi connectivity index (χ0) is 16.9. The predicted octanol–water partition coefficient (Wildman–Crippen LogP) is 1.39. The molecule has 25 heavy (non-hydrogen) atoms. The van der Waals surface area contributed by atoms with Crippen LogP contribution in [0.2, 0.25) is 0 Å². The Morgan fingerprint density at radius 1 is 0.960 bits per heavy atom. The lowest BCUT2D eigenvalue weighted by Gasteiger charge is -2.36. The standard InChI is InChI=1S/C16H31N3O4S.ClH/c20-24(21,18-10-9-17-15-5-3-1-2-4-6-15)19-11-7-16(8-12-19)22-13-14-23-16;/h15,17-18H,1-14H2;1H. The van der Waals surface area contributed by atoms with Crippen molar-refractivity contribution in [1.82, 2.24) is 14.3 Å². The lowest BCUT2D eigenvalue weighted by Crippen LogP contribution is -2.51. The van der Waals surface area contributed by atoms with Gasteiger partial charge < -0.3 is 14.8 Å². The molecule has 0 aromatic carbocycles. The summed E-state index contributed by atoms with van der Waals surface area (Å²) in [6.45, 7) is 3.24. The average molecular weight is 398 g/mol. The van der Waals surface area contributed by atoms with Crippen LogP contribution in [0.4, 0.5) is 0 Å². The third-order valence-corrected chi connectivity index (χ3v) is 6.95. The van der Waals surface area contributed by atoms with Crippen molar-refractivity contribution in [2.45, 2.75) is 63.2 Å². The number of nitrogens with one attached hydrogen (secondary N) is 2. The Morgan fingerprint density at radius 3 is 2.16 bits per heavy atom. The molecule has 2 saturated heterocycles. The van der Waals surface area contributed by atoms with Crippen molar-refractivity contribution in [3.8, 4) is 0 Å². The van der Waals surface area contributed by atoms with Crippen LogP contribution in [0.3, 0.4) is 0 Å². The first-order valence-electron chi connectivity index (χ1n) is 9.36. The molecule has 1 aliphatic carbocycles. The second-order valence-electron chi connectivity index (χ2n) is 7.05. The number of hydrogen-bond acceptors (Lipinski definition) is 5. The first-order chi connectivity index (χ1) is 11.6. The van der Waals surface area contributed by atoms with Crippen molar-refractivity contribution >= 4 is 22.6 Å². The van der Waals surface area contributed by atoms with Crippen LogP contribution >= 0.6 is 12.4 Å². The summed E-state index contributed by atoms with van der Waals surface area (Å²) in [5.41, 5.74) is 0. The van der Waals surface area contributed by atoms with Crippen molar-refractivity contribution in [1.29, 1.82) is 0 Å². The van der Waals surface area contributed by atoms with Gasteiger partial charge in [0.05, 0.1) is 13.2 Å². The van der Waals surface area contributed by atoms with Crippen LogP contribution in [-0.2, 0) is 19.7 Å². The fourth-order valence-electron chi connectivity index (χ4n) is 3.88. The van der Waals surface area contributed by atoms with Gasteiger partial charge in [-0.05, 0) is 12.8 Å². The van der Waals surface area contributed by atoms with Crippen LogP contribution in [0.15, 0.2) is 0 Å². The van der Waals surface area contributed by atoms with E-state index in [1.54, 1.807) is 0 Å². The van der Waals surface area contributed by atoms with Gasteiger partial charge in [-0.15, -0.1) is 12.4 Å². The average Bonchev–Trinajstić information content (AvgIpc) is 2.86. The van der Waals surface area contributed by atoms with E-state index in [4.69, 9.17) is 9.47 Å². The van der Waals surface area contributed by atoms with Crippen LogP contribution in [0.1, 0.15) is 51.4 Å². The molecule has 2 aliphatic heterocycles. The first-order valence-corrected chi connectivity index (χ1v) is 10.8. The molecule has 0 amide bonds. The normalized spacial score (nSPS) is 25.6. The highest BCUT2D eigenvalue weighted by Gasteiger charge is 2.42. The molecule has 3 aliphatic rings. The van der Waals surface area contributed by atoms with Gasteiger partial charge in [0, 0.05) is 45.1 Å². The van der Waals surface area contributed by atoms with Crippen molar-refractivity contribution in [2.75, 3.05) is 39.4 Å². The van der Waals surface area contributed by atoms with Crippen LogP contribution < -0.4 is 10.0 Å². The third kappa shape index (κ3) is 6.02. The summed E-state index contributed by atoms with van der Waals surface area (Å²) in [6.07, 6.45) is 8.85. The summed E-state index contributed by atoms with van der Waals surface area (Å²) in [5, 5.41) is 3.49. The van der Waals surface area contributed by atoms with E-state index in [0.29, 0.717) is 58.3 Å². The van der Waals surface area contributed by atoms with Crippen molar-refractivity contribution in [3.63, 3.8) is 0 Å². The van der Waals surface area contributed by atoms with E-state index in [-0.39, 0.29) is 12.4 Å². The molecule has 1 saturated carbocycles. The molecule has 9 heteroatoms. The molecule has 2 heterocycles. The minimum Gasteiger partial charge on any atom is -0.347 e. The molecule has 7 nitrogen and oxygen atoms in total. The molecule has 0 aromatic heterocycles. The molecule has 1 spiro atoms. The highest BCUT2D eigenvalue weighted by molar-refractivity contribution is 7.87. The largest absolute Gasteiger partial charge is 0.347 e. The van der Waals surface area contributed by atoms with Gasteiger partial charge in [-0.1, -0.05) is 25.7 Å². The number of halogens is 1. The SMILES string of the molecule is Cl.O=S(=O)(NCCNC1CCCCCC1)N1CCC2(CC1)OCCO2. The number of piperidine rings is 1. The highest BCUT2D eigenvalue weighted by atomic mass is 35.5. The van der Waals surface area contributed by atoms with Gasteiger partial charge in [0.15, 0.2) is 5.79 Å². The number of hydrogen-bond donors (Lipinski definition) is 2. The van der Waals surface area contributed by atoms with Crippen molar-refractivity contribution in [2.24, 2.45) is 0 Å². The Labute approximate surface area is 157 Å². The number of nitrogens with zero attached hydrogens (tertiary/aromatic N) is 1.